The Labute approximate surface area is 363 Å². The van der Waals surface area contributed by atoms with Gasteiger partial charge in [-0.25, -0.2) is 0 Å². The number of ether oxygens (including phenoxy) is 2. The van der Waals surface area contributed by atoms with Gasteiger partial charge in [0.15, 0.2) is 0 Å². The standard InChI is InChI=1S/C47H37F3N4O6S2/c1-26-43(55)53-39-21-31(10-17-41(39)61-26)45(57)51-34-12-14-36(15-13-34)59-24-28-5-3-6-29(19-28)30-9-16-38(47(48,49)50)33(20-30)25-60-37-8-4-7-35(23-37)52-46(58)32-11-18-42-40(22-32)54-44(56)27(2)62-42/h3-23,26-27H,24-25H2,1-2H3,(H,51,57)(H,52,58)(H,53,55)(H,54,56)/t26-,27-/m1/s1. The smallest absolute Gasteiger partial charge is 0.416 e. The Morgan fingerprint density at radius 1 is 0.613 bits per heavy atom. The summed E-state index contributed by atoms with van der Waals surface area (Å²) in [6, 6.07) is 34.6. The van der Waals surface area contributed by atoms with E-state index in [1.165, 1.54) is 41.7 Å². The Bertz CT molecular complexity index is 2730. The molecule has 314 valence electrons. The van der Waals surface area contributed by atoms with Crippen LogP contribution in [0.3, 0.4) is 0 Å². The van der Waals surface area contributed by atoms with Crippen LogP contribution in [0.1, 0.15) is 51.3 Å². The summed E-state index contributed by atoms with van der Waals surface area (Å²) in [5.41, 5.74) is 3.87. The number of halogens is 3. The molecule has 6 aromatic rings. The number of benzene rings is 6. The van der Waals surface area contributed by atoms with Gasteiger partial charge in [-0.3, -0.25) is 19.2 Å². The monoisotopic (exact) mass is 874 g/mol. The van der Waals surface area contributed by atoms with E-state index in [2.05, 4.69) is 21.3 Å². The second kappa shape index (κ2) is 17.7. The highest BCUT2D eigenvalue weighted by atomic mass is 32.2. The number of hydrogen-bond donors (Lipinski definition) is 4. The molecule has 62 heavy (non-hydrogen) atoms. The number of fused-ring (bicyclic) bond motifs is 2. The lowest BCUT2D eigenvalue weighted by molar-refractivity contribution is -0.138. The van der Waals surface area contributed by atoms with Gasteiger partial charge in [0, 0.05) is 43.9 Å². The first-order chi connectivity index (χ1) is 29.7. The van der Waals surface area contributed by atoms with Crippen LogP contribution >= 0.6 is 23.5 Å². The molecule has 0 saturated heterocycles. The molecule has 6 aromatic carbocycles. The first-order valence-electron chi connectivity index (χ1n) is 19.4. The van der Waals surface area contributed by atoms with E-state index in [0.29, 0.717) is 50.8 Å². The van der Waals surface area contributed by atoms with E-state index in [9.17, 15) is 32.3 Å². The average Bonchev–Trinajstić information content (AvgIpc) is 3.25. The van der Waals surface area contributed by atoms with Crippen molar-refractivity contribution in [3.05, 3.63) is 155 Å². The fourth-order valence-electron chi connectivity index (χ4n) is 6.74. The molecule has 2 heterocycles. The molecule has 8 rings (SSSR count). The number of hydrogen-bond acceptors (Lipinski definition) is 8. The Morgan fingerprint density at radius 2 is 1.19 bits per heavy atom. The highest BCUT2D eigenvalue weighted by molar-refractivity contribution is 8.01. The Morgan fingerprint density at radius 3 is 1.82 bits per heavy atom. The molecule has 2 aliphatic heterocycles. The zero-order chi connectivity index (χ0) is 43.5. The largest absolute Gasteiger partial charge is 0.489 e. The van der Waals surface area contributed by atoms with Crippen LogP contribution < -0.4 is 30.7 Å². The van der Waals surface area contributed by atoms with E-state index in [-0.39, 0.29) is 46.1 Å². The van der Waals surface area contributed by atoms with Crippen molar-refractivity contribution in [3.63, 3.8) is 0 Å². The number of carbonyl (C=O) groups is 4. The van der Waals surface area contributed by atoms with Crippen molar-refractivity contribution in [1.29, 1.82) is 0 Å². The summed E-state index contributed by atoms with van der Waals surface area (Å²) in [6.07, 6.45) is -4.63. The fraction of sp³-hybridized carbons (Fsp3) is 0.149. The molecule has 4 N–H and O–H groups in total. The summed E-state index contributed by atoms with van der Waals surface area (Å²) in [6.45, 7) is 3.39. The SMILES string of the molecule is C[C@H]1Sc2ccc(C(=O)Nc3ccc(OCc4cccc(-c5ccc(C(F)(F)F)c(COc6cccc(NC(=O)c7ccc8c(c7)NC(=O)[C@@H](C)S8)c6)c5)c4)cc3)cc2NC1=O. The molecule has 0 saturated carbocycles. The van der Waals surface area contributed by atoms with E-state index in [1.54, 1.807) is 91.9 Å². The van der Waals surface area contributed by atoms with Gasteiger partial charge in [-0.15, -0.1) is 23.5 Å². The minimum absolute atomic E-state index is 0.0754. The Balaban J connectivity index is 0.894. The number of amides is 4. The van der Waals surface area contributed by atoms with Crippen LogP contribution in [0.25, 0.3) is 11.1 Å². The maximum Gasteiger partial charge on any atom is 0.416 e. The van der Waals surface area contributed by atoms with Gasteiger partial charge in [0.1, 0.15) is 24.7 Å². The quantitative estimate of drug-likeness (QED) is 0.101. The molecule has 2 atom stereocenters. The number of rotatable bonds is 11. The van der Waals surface area contributed by atoms with Crippen molar-refractivity contribution >= 4 is 69.9 Å². The van der Waals surface area contributed by atoms with Crippen molar-refractivity contribution in [1.82, 2.24) is 0 Å². The second-order valence-corrected chi connectivity index (χ2v) is 17.3. The molecule has 0 spiro atoms. The van der Waals surface area contributed by atoms with E-state index >= 15 is 0 Å². The van der Waals surface area contributed by atoms with Crippen LogP contribution in [-0.4, -0.2) is 34.1 Å². The number of thioether (sulfide) groups is 2. The summed E-state index contributed by atoms with van der Waals surface area (Å²) < 4.78 is 54.5. The zero-order valence-electron chi connectivity index (χ0n) is 33.1. The van der Waals surface area contributed by atoms with Gasteiger partial charge in [0.05, 0.1) is 27.4 Å². The topological polar surface area (TPSA) is 135 Å². The second-order valence-electron chi connectivity index (χ2n) is 14.5. The van der Waals surface area contributed by atoms with Gasteiger partial charge >= 0.3 is 6.18 Å². The van der Waals surface area contributed by atoms with Crippen LogP contribution in [0, 0.1) is 0 Å². The minimum Gasteiger partial charge on any atom is -0.489 e. The summed E-state index contributed by atoms with van der Waals surface area (Å²) >= 11 is 2.84. The predicted molar refractivity (Wildman–Crippen MR) is 235 cm³/mol. The fourth-order valence-corrected chi connectivity index (χ4v) is 8.60. The predicted octanol–water partition coefficient (Wildman–Crippen LogP) is 10.9. The highest BCUT2D eigenvalue weighted by Gasteiger charge is 2.34. The van der Waals surface area contributed by atoms with E-state index in [1.807, 2.05) is 25.1 Å². The number of nitrogens with one attached hydrogen (secondary N) is 4. The summed E-state index contributed by atoms with van der Waals surface area (Å²) in [4.78, 5) is 52.1. The van der Waals surface area contributed by atoms with Crippen molar-refractivity contribution in [2.75, 3.05) is 21.3 Å². The lowest BCUT2D eigenvalue weighted by atomic mass is 9.98. The molecule has 0 unspecified atom stereocenters. The van der Waals surface area contributed by atoms with Gasteiger partial charge in [0.25, 0.3) is 11.8 Å². The van der Waals surface area contributed by atoms with Crippen molar-refractivity contribution in [2.45, 2.75) is 53.5 Å². The molecular weight excluding hydrogens is 838 g/mol. The van der Waals surface area contributed by atoms with Crippen LogP contribution in [0.4, 0.5) is 35.9 Å². The Hall–Kier alpha value is -6.71. The molecule has 0 fully saturated rings. The third-order valence-electron chi connectivity index (χ3n) is 10.0. The molecule has 15 heteroatoms. The van der Waals surface area contributed by atoms with Crippen molar-refractivity contribution < 1.29 is 41.8 Å². The zero-order valence-corrected chi connectivity index (χ0v) is 34.7. The molecule has 4 amide bonds. The normalized spacial score (nSPS) is 15.6. The van der Waals surface area contributed by atoms with Crippen molar-refractivity contribution in [2.24, 2.45) is 0 Å². The molecule has 2 aliphatic rings. The highest BCUT2D eigenvalue weighted by Crippen LogP contribution is 2.38. The summed E-state index contributed by atoms with van der Waals surface area (Å²) in [7, 11) is 0. The number of carbonyl (C=O) groups excluding carboxylic acids is 4. The third kappa shape index (κ3) is 9.74. The van der Waals surface area contributed by atoms with Crippen LogP contribution in [0.5, 0.6) is 11.5 Å². The molecule has 0 aliphatic carbocycles. The van der Waals surface area contributed by atoms with E-state index < -0.39 is 24.3 Å². The summed E-state index contributed by atoms with van der Waals surface area (Å²) in [5.74, 6) is -0.242. The first-order valence-corrected chi connectivity index (χ1v) is 21.1. The molecular formula is C47H37F3N4O6S2. The maximum absolute atomic E-state index is 14.2. The van der Waals surface area contributed by atoms with Gasteiger partial charge in [0.2, 0.25) is 11.8 Å². The third-order valence-corrected chi connectivity index (χ3v) is 12.4. The lowest BCUT2D eigenvalue weighted by Crippen LogP contribution is -2.26. The molecule has 0 aromatic heterocycles. The van der Waals surface area contributed by atoms with Gasteiger partial charge in [-0.05, 0) is 122 Å². The Kier molecular flexibility index (Phi) is 12.0. The summed E-state index contributed by atoms with van der Waals surface area (Å²) in [5, 5.41) is 10.8. The minimum atomic E-state index is -4.63. The molecule has 0 bridgehead atoms. The van der Waals surface area contributed by atoms with Crippen LogP contribution in [0.2, 0.25) is 0 Å². The number of alkyl halides is 3. The van der Waals surface area contributed by atoms with Crippen LogP contribution in [0.15, 0.2) is 137 Å². The van der Waals surface area contributed by atoms with Crippen molar-refractivity contribution in [3.8, 4) is 22.6 Å². The van der Waals surface area contributed by atoms with E-state index in [0.717, 1.165) is 21.4 Å². The average molecular weight is 875 g/mol. The molecule has 10 nitrogen and oxygen atoms in total. The van der Waals surface area contributed by atoms with Gasteiger partial charge in [-0.2, -0.15) is 13.2 Å². The van der Waals surface area contributed by atoms with Crippen LogP contribution in [-0.2, 0) is 29.0 Å². The van der Waals surface area contributed by atoms with Gasteiger partial charge in [-0.1, -0.05) is 30.3 Å². The molecule has 0 radical (unpaired) electrons. The number of anilines is 4. The maximum atomic E-state index is 14.2. The lowest BCUT2D eigenvalue weighted by Gasteiger charge is -2.21. The van der Waals surface area contributed by atoms with E-state index in [4.69, 9.17) is 9.47 Å². The van der Waals surface area contributed by atoms with Gasteiger partial charge < -0.3 is 30.7 Å². The first kappa shape index (κ1) is 42.0.